The summed E-state index contributed by atoms with van der Waals surface area (Å²) in [5.41, 5.74) is -1.40. The van der Waals surface area contributed by atoms with Crippen LogP contribution in [0.3, 0.4) is 0 Å². The van der Waals surface area contributed by atoms with E-state index < -0.39 is 17.8 Å². The van der Waals surface area contributed by atoms with Crippen LogP contribution in [0.5, 0.6) is 5.75 Å². The molecule has 6 nitrogen and oxygen atoms in total. The van der Waals surface area contributed by atoms with Crippen LogP contribution >= 0.6 is 0 Å². The third-order valence-corrected chi connectivity index (χ3v) is 3.55. The van der Waals surface area contributed by atoms with Gasteiger partial charge in [-0.15, -0.1) is 0 Å². The van der Waals surface area contributed by atoms with Crippen LogP contribution < -0.4 is 4.74 Å². The van der Waals surface area contributed by atoms with E-state index in [2.05, 4.69) is 0 Å². The molecule has 126 valence electrons. The maximum atomic E-state index is 12.5. The van der Waals surface area contributed by atoms with Crippen molar-refractivity contribution >= 4 is 12.1 Å². The van der Waals surface area contributed by atoms with E-state index >= 15 is 0 Å². The van der Waals surface area contributed by atoms with E-state index in [1.54, 1.807) is 45.0 Å². The zero-order chi connectivity index (χ0) is 16.9. The highest BCUT2D eigenvalue weighted by Gasteiger charge is 2.53. The lowest BCUT2D eigenvalue weighted by Crippen LogP contribution is -2.57. The molecule has 1 atom stereocenters. The van der Waals surface area contributed by atoms with E-state index in [0.717, 1.165) is 0 Å². The van der Waals surface area contributed by atoms with Gasteiger partial charge in [-0.25, -0.2) is 9.59 Å². The van der Waals surface area contributed by atoms with Crippen molar-refractivity contribution in [3.8, 4) is 5.75 Å². The Morgan fingerprint density at radius 2 is 1.96 bits per heavy atom. The van der Waals surface area contributed by atoms with Gasteiger partial charge < -0.3 is 14.2 Å². The summed E-state index contributed by atoms with van der Waals surface area (Å²) < 4.78 is 16.3. The highest BCUT2D eigenvalue weighted by molar-refractivity contribution is 5.85. The van der Waals surface area contributed by atoms with Crippen molar-refractivity contribution < 1.29 is 23.8 Å². The maximum Gasteiger partial charge on any atom is 0.417 e. The van der Waals surface area contributed by atoms with Gasteiger partial charge in [-0.1, -0.05) is 18.2 Å². The number of carbonyl (C=O) groups is 2. The molecule has 1 heterocycles. The van der Waals surface area contributed by atoms with Crippen LogP contribution in [0.15, 0.2) is 30.3 Å². The first-order chi connectivity index (χ1) is 11.0. The molecule has 6 heteroatoms. The molecule has 0 aromatic heterocycles. The summed E-state index contributed by atoms with van der Waals surface area (Å²) in [6, 6.07) is 8.74. The Bertz CT molecular complexity index is 545. The molecule has 1 amide bonds. The first kappa shape index (κ1) is 17.3. The van der Waals surface area contributed by atoms with Crippen molar-refractivity contribution in [2.75, 3.05) is 13.2 Å². The van der Waals surface area contributed by atoms with E-state index in [1.165, 1.54) is 4.90 Å². The Labute approximate surface area is 136 Å². The molecule has 0 N–H and O–H groups in total. The molecule has 1 aromatic carbocycles. The monoisotopic (exact) mass is 321 g/mol. The Hall–Kier alpha value is -2.08. The molecule has 1 fully saturated rings. The zero-order valence-electron chi connectivity index (χ0n) is 13.8. The number of para-hydroxylation sites is 1. The van der Waals surface area contributed by atoms with Crippen molar-refractivity contribution in [2.45, 2.75) is 45.4 Å². The standard InChI is InChI=1S/C17H23NO5/c1-4-21-17(15(19)22-13(2)3)11-8-12-18(17)16(20)23-14-9-6-5-7-10-14/h5-7,9-10,13H,4,8,11-12H2,1-3H3/t17-/m1/s1. The molecular formula is C17H23NO5. The molecule has 1 aliphatic heterocycles. The molecular weight excluding hydrogens is 298 g/mol. The highest BCUT2D eigenvalue weighted by Crippen LogP contribution is 2.33. The summed E-state index contributed by atoms with van der Waals surface area (Å²) in [6.45, 7) is 5.99. The number of amides is 1. The van der Waals surface area contributed by atoms with Gasteiger partial charge in [0.25, 0.3) is 0 Å². The fraction of sp³-hybridized carbons (Fsp3) is 0.529. The Morgan fingerprint density at radius 3 is 2.57 bits per heavy atom. The minimum atomic E-state index is -1.40. The second-order valence-corrected chi connectivity index (χ2v) is 5.61. The van der Waals surface area contributed by atoms with E-state index in [-0.39, 0.29) is 6.10 Å². The quantitative estimate of drug-likeness (QED) is 0.780. The maximum absolute atomic E-state index is 12.5. The third kappa shape index (κ3) is 3.82. The van der Waals surface area contributed by atoms with Crippen LogP contribution in [-0.4, -0.2) is 41.9 Å². The third-order valence-electron chi connectivity index (χ3n) is 3.55. The lowest BCUT2D eigenvalue weighted by Gasteiger charge is -2.35. The smallest absolute Gasteiger partial charge is 0.417 e. The highest BCUT2D eigenvalue weighted by atomic mass is 16.6. The number of esters is 1. The second-order valence-electron chi connectivity index (χ2n) is 5.61. The number of nitrogens with zero attached hydrogens (tertiary/aromatic N) is 1. The van der Waals surface area contributed by atoms with Gasteiger partial charge in [-0.3, -0.25) is 4.90 Å². The first-order valence-corrected chi connectivity index (χ1v) is 7.89. The molecule has 1 aromatic rings. The molecule has 1 aliphatic rings. The number of carbonyl (C=O) groups excluding carboxylic acids is 2. The normalized spacial score (nSPS) is 20.6. The van der Waals surface area contributed by atoms with Gasteiger partial charge in [0, 0.05) is 19.6 Å². The number of benzene rings is 1. The Balaban J connectivity index is 2.20. The summed E-state index contributed by atoms with van der Waals surface area (Å²) in [6.07, 6.45) is 0.156. The van der Waals surface area contributed by atoms with Crippen LogP contribution in [0.1, 0.15) is 33.6 Å². The van der Waals surface area contributed by atoms with Gasteiger partial charge in [0.1, 0.15) is 5.75 Å². The van der Waals surface area contributed by atoms with Crippen LogP contribution in [0.2, 0.25) is 0 Å². The number of ether oxygens (including phenoxy) is 3. The van der Waals surface area contributed by atoms with Crippen molar-refractivity contribution in [3.63, 3.8) is 0 Å². The van der Waals surface area contributed by atoms with Crippen molar-refractivity contribution in [2.24, 2.45) is 0 Å². The van der Waals surface area contributed by atoms with Gasteiger partial charge in [0.05, 0.1) is 6.10 Å². The van der Waals surface area contributed by atoms with Gasteiger partial charge in [0.2, 0.25) is 5.72 Å². The summed E-state index contributed by atoms with van der Waals surface area (Å²) in [5, 5.41) is 0. The molecule has 0 spiro atoms. The van der Waals surface area contributed by atoms with Gasteiger partial charge in [0.15, 0.2) is 0 Å². The number of likely N-dealkylation sites (tertiary alicyclic amines) is 1. The molecule has 0 saturated carbocycles. The lowest BCUT2D eigenvalue weighted by atomic mass is 10.1. The van der Waals surface area contributed by atoms with Gasteiger partial charge in [-0.05, 0) is 39.3 Å². The fourth-order valence-corrected chi connectivity index (χ4v) is 2.64. The second kappa shape index (κ2) is 7.46. The zero-order valence-corrected chi connectivity index (χ0v) is 13.8. The average Bonchev–Trinajstić information content (AvgIpc) is 2.93. The number of rotatable bonds is 5. The van der Waals surface area contributed by atoms with Crippen molar-refractivity contribution in [1.29, 1.82) is 0 Å². The van der Waals surface area contributed by atoms with Gasteiger partial charge in [-0.2, -0.15) is 0 Å². The minimum Gasteiger partial charge on any atom is -0.459 e. The Kier molecular flexibility index (Phi) is 5.60. The molecule has 0 bridgehead atoms. The van der Waals surface area contributed by atoms with Crippen LogP contribution in [0, 0.1) is 0 Å². The summed E-state index contributed by atoms with van der Waals surface area (Å²) >= 11 is 0. The van der Waals surface area contributed by atoms with Crippen molar-refractivity contribution in [1.82, 2.24) is 4.90 Å². The average molecular weight is 321 g/mol. The summed E-state index contributed by atoms with van der Waals surface area (Å²) in [5.74, 6) is -0.121. The van der Waals surface area contributed by atoms with E-state index in [4.69, 9.17) is 14.2 Å². The molecule has 0 radical (unpaired) electrons. The minimum absolute atomic E-state index is 0.285. The van der Waals surface area contributed by atoms with Crippen molar-refractivity contribution in [3.05, 3.63) is 30.3 Å². The molecule has 2 rings (SSSR count). The predicted octanol–water partition coefficient (Wildman–Crippen LogP) is 2.97. The largest absolute Gasteiger partial charge is 0.459 e. The lowest BCUT2D eigenvalue weighted by molar-refractivity contribution is -0.194. The number of hydrogen-bond donors (Lipinski definition) is 0. The summed E-state index contributed by atoms with van der Waals surface area (Å²) in [4.78, 5) is 26.4. The molecule has 0 aliphatic carbocycles. The predicted molar refractivity (Wildman–Crippen MR) is 84.0 cm³/mol. The van der Waals surface area contributed by atoms with E-state index in [9.17, 15) is 9.59 Å². The fourth-order valence-electron chi connectivity index (χ4n) is 2.64. The molecule has 23 heavy (non-hydrogen) atoms. The molecule has 0 unspecified atom stereocenters. The summed E-state index contributed by atoms with van der Waals surface area (Å²) in [7, 11) is 0. The van der Waals surface area contributed by atoms with Crippen LogP contribution in [0.4, 0.5) is 4.79 Å². The van der Waals surface area contributed by atoms with E-state index in [1.807, 2.05) is 6.07 Å². The molecule has 1 saturated heterocycles. The SMILES string of the molecule is CCO[C@@]1(C(=O)OC(C)C)CCCN1C(=O)Oc1ccccc1. The van der Waals surface area contributed by atoms with Gasteiger partial charge >= 0.3 is 12.1 Å². The van der Waals surface area contributed by atoms with Crippen LogP contribution in [0.25, 0.3) is 0 Å². The van der Waals surface area contributed by atoms with Crippen LogP contribution in [-0.2, 0) is 14.3 Å². The Morgan fingerprint density at radius 1 is 1.26 bits per heavy atom. The number of hydrogen-bond acceptors (Lipinski definition) is 5. The first-order valence-electron chi connectivity index (χ1n) is 7.89. The topological polar surface area (TPSA) is 65.1 Å². The van der Waals surface area contributed by atoms with E-state index in [0.29, 0.717) is 31.7 Å².